The second-order valence-corrected chi connectivity index (χ2v) is 5.34. The first-order valence-corrected chi connectivity index (χ1v) is 6.31. The van der Waals surface area contributed by atoms with Crippen LogP contribution >= 0.6 is 12.4 Å². The van der Waals surface area contributed by atoms with E-state index in [9.17, 15) is 4.79 Å². The van der Waals surface area contributed by atoms with Crippen molar-refractivity contribution in [2.24, 2.45) is 23.5 Å². The SMILES string of the molecule is CC(C)CCOC(=O)C[C@@H](CN)CC(C)C.Cl. The number of hydrogen-bond donors (Lipinski definition) is 1. The van der Waals surface area contributed by atoms with Crippen molar-refractivity contribution in [3.63, 3.8) is 0 Å². The van der Waals surface area contributed by atoms with Crippen LogP contribution < -0.4 is 5.73 Å². The molecule has 0 saturated carbocycles. The van der Waals surface area contributed by atoms with Gasteiger partial charge in [0.1, 0.15) is 0 Å². The maximum absolute atomic E-state index is 11.5. The van der Waals surface area contributed by atoms with E-state index in [1.165, 1.54) is 0 Å². The number of carbonyl (C=O) groups excluding carboxylic acids is 1. The van der Waals surface area contributed by atoms with Crippen molar-refractivity contribution < 1.29 is 9.53 Å². The van der Waals surface area contributed by atoms with E-state index < -0.39 is 0 Å². The maximum atomic E-state index is 11.5. The topological polar surface area (TPSA) is 52.3 Å². The number of esters is 1. The summed E-state index contributed by atoms with van der Waals surface area (Å²) in [4.78, 5) is 11.5. The van der Waals surface area contributed by atoms with Crippen LogP contribution in [0.4, 0.5) is 0 Å². The molecule has 0 aliphatic carbocycles. The van der Waals surface area contributed by atoms with Crippen LogP contribution in [0.1, 0.15) is 47.0 Å². The predicted molar refractivity (Wildman–Crippen MR) is 74.3 cm³/mol. The molecule has 0 aliphatic heterocycles. The van der Waals surface area contributed by atoms with Gasteiger partial charge in [0.05, 0.1) is 6.61 Å². The summed E-state index contributed by atoms with van der Waals surface area (Å²) in [5.41, 5.74) is 5.64. The van der Waals surface area contributed by atoms with Crippen LogP contribution in [0.5, 0.6) is 0 Å². The van der Waals surface area contributed by atoms with E-state index >= 15 is 0 Å². The highest BCUT2D eigenvalue weighted by molar-refractivity contribution is 5.85. The second kappa shape index (κ2) is 10.8. The Kier molecular flexibility index (Phi) is 12.2. The molecule has 0 heterocycles. The summed E-state index contributed by atoms with van der Waals surface area (Å²) in [5.74, 6) is 1.33. The van der Waals surface area contributed by atoms with Gasteiger partial charge in [-0.1, -0.05) is 27.7 Å². The van der Waals surface area contributed by atoms with Gasteiger partial charge < -0.3 is 10.5 Å². The van der Waals surface area contributed by atoms with E-state index in [4.69, 9.17) is 10.5 Å². The average Bonchev–Trinajstić information content (AvgIpc) is 2.15. The molecule has 0 unspecified atom stereocenters. The molecule has 104 valence electrons. The zero-order chi connectivity index (χ0) is 12.6. The molecule has 0 aromatic carbocycles. The Hall–Kier alpha value is -0.280. The highest BCUT2D eigenvalue weighted by atomic mass is 35.5. The summed E-state index contributed by atoms with van der Waals surface area (Å²) >= 11 is 0. The third-order valence-electron chi connectivity index (χ3n) is 2.55. The molecule has 2 N–H and O–H groups in total. The minimum atomic E-state index is -0.100. The molecule has 0 bridgehead atoms. The Morgan fingerprint density at radius 3 is 2.18 bits per heavy atom. The van der Waals surface area contributed by atoms with Crippen LogP contribution in [-0.4, -0.2) is 19.1 Å². The van der Waals surface area contributed by atoms with Crippen molar-refractivity contribution in [2.45, 2.75) is 47.0 Å². The summed E-state index contributed by atoms with van der Waals surface area (Å²) in [5, 5.41) is 0. The number of hydrogen-bond acceptors (Lipinski definition) is 3. The van der Waals surface area contributed by atoms with Gasteiger partial charge in [-0.05, 0) is 37.1 Å². The van der Waals surface area contributed by atoms with Gasteiger partial charge in [0.25, 0.3) is 0 Å². The lowest BCUT2D eigenvalue weighted by molar-refractivity contribution is -0.145. The van der Waals surface area contributed by atoms with Gasteiger partial charge in [0.15, 0.2) is 0 Å². The van der Waals surface area contributed by atoms with Crippen molar-refractivity contribution in [1.29, 1.82) is 0 Å². The number of ether oxygens (including phenoxy) is 1. The Morgan fingerprint density at radius 1 is 1.18 bits per heavy atom. The fourth-order valence-corrected chi connectivity index (χ4v) is 1.63. The van der Waals surface area contributed by atoms with Crippen LogP contribution in [0.25, 0.3) is 0 Å². The van der Waals surface area contributed by atoms with Gasteiger partial charge in [-0.3, -0.25) is 4.79 Å². The van der Waals surface area contributed by atoms with Crippen molar-refractivity contribution >= 4 is 18.4 Å². The molecule has 0 saturated heterocycles. The quantitative estimate of drug-likeness (QED) is 0.687. The third kappa shape index (κ3) is 12.0. The number of nitrogens with two attached hydrogens (primary N) is 1. The predicted octanol–water partition coefficient (Wildman–Crippen LogP) is 3.01. The van der Waals surface area contributed by atoms with Gasteiger partial charge >= 0.3 is 5.97 Å². The fourth-order valence-electron chi connectivity index (χ4n) is 1.63. The summed E-state index contributed by atoms with van der Waals surface area (Å²) in [6, 6.07) is 0. The first kappa shape index (κ1) is 19.1. The molecule has 0 fully saturated rings. The molecule has 0 aliphatic rings. The lowest BCUT2D eigenvalue weighted by Gasteiger charge is -2.16. The second-order valence-electron chi connectivity index (χ2n) is 5.34. The Labute approximate surface area is 112 Å². The van der Waals surface area contributed by atoms with Crippen molar-refractivity contribution in [2.75, 3.05) is 13.2 Å². The number of rotatable bonds is 8. The Bertz CT molecular complexity index is 196. The zero-order valence-corrected chi connectivity index (χ0v) is 12.4. The van der Waals surface area contributed by atoms with Crippen molar-refractivity contribution in [3.05, 3.63) is 0 Å². The average molecular weight is 266 g/mol. The van der Waals surface area contributed by atoms with Gasteiger partial charge in [-0.15, -0.1) is 12.4 Å². The van der Waals surface area contributed by atoms with Crippen molar-refractivity contribution in [3.8, 4) is 0 Å². The summed E-state index contributed by atoms with van der Waals surface area (Å²) in [6.07, 6.45) is 2.39. The Balaban J connectivity index is 0. The molecule has 3 nitrogen and oxygen atoms in total. The largest absolute Gasteiger partial charge is 0.466 e. The van der Waals surface area contributed by atoms with E-state index in [1.54, 1.807) is 0 Å². The lowest BCUT2D eigenvalue weighted by atomic mass is 9.94. The Morgan fingerprint density at radius 2 is 1.76 bits per heavy atom. The fraction of sp³-hybridized carbons (Fsp3) is 0.923. The van der Waals surface area contributed by atoms with Crippen LogP contribution in [0.2, 0.25) is 0 Å². The third-order valence-corrected chi connectivity index (χ3v) is 2.55. The number of halogens is 1. The smallest absolute Gasteiger partial charge is 0.306 e. The molecular formula is C13H28ClNO2. The molecule has 1 atom stereocenters. The monoisotopic (exact) mass is 265 g/mol. The molecule has 4 heteroatoms. The van der Waals surface area contributed by atoms with Gasteiger partial charge in [0, 0.05) is 6.42 Å². The zero-order valence-electron chi connectivity index (χ0n) is 11.6. The van der Waals surface area contributed by atoms with E-state index in [1.807, 2.05) is 0 Å². The van der Waals surface area contributed by atoms with Gasteiger partial charge in [-0.25, -0.2) is 0 Å². The molecule has 0 amide bonds. The summed E-state index contributed by atoms with van der Waals surface area (Å²) in [6.45, 7) is 9.64. The van der Waals surface area contributed by atoms with Gasteiger partial charge in [0.2, 0.25) is 0 Å². The van der Waals surface area contributed by atoms with Crippen LogP contribution in [0, 0.1) is 17.8 Å². The van der Waals surface area contributed by atoms with E-state index in [-0.39, 0.29) is 24.3 Å². The first-order valence-electron chi connectivity index (χ1n) is 6.31. The normalized spacial score (nSPS) is 12.4. The standard InChI is InChI=1S/C13H27NO2.ClH/c1-10(2)5-6-16-13(15)8-12(9-14)7-11(3)4;/h10-12H,5-9,14H2,1-4H3;1H/t12-;/m0./s1. The molecule has 0 aromatic heterocycles. The van der Waals surface area contributed by atoms with E-state index in [2.05, 4.69) is 27.7 Å². The molecular weight excluding hydrogens is 238 g/mol. The molecule has 0 spiro atoms. The lowest BCUT2D eigenvalue weighted by Crippen LogP contribution is -2.21. The van der Waals surface area contributed by atoms with Crippen LogP contribution in [0.3, 0.4) is 0 Å². The molecule has 0 rings (SSSR count). The van der Waals surface area contributed by atoms with Crippen molar-refractivity contribution in [1.82, 2.24) is 0 Å². The van der Waals surface area contributed by atoms with Crippen LogP contribution in [0.15, 0.2) is 0 Å². The highest BCUT2D eigenvalue weighted by Gasteiger charge is 2.14. The van der Waals surface area contributed by atoms with Crippen LogP contribution in [-0.2, 0) is 9.53 Å². The molecule has 17 heavy (non-hydrogen) atoms. The highest BCUT2D eigenvalue weighted by Crippen LogP contribution is 2.15. The molecule has 0 radical (unpaired) electrons. The molecule has 0 aromatic rings. The summed E-state index contributed by atoms with van der Waals surface area (Å²) < 4.78 is 5.17. The minimum Gasteiger partial charge on any atom is -0.466 e. The number of carbonyl (C=O) groups is 1. The van der Waals surface area contributed by atoms with Gasteiger partial charge in [-0.2, -0.15) is 0 Å². The summed E-state index contributed by atoms with van der Waals surface area (Å²) in [7, 11) is 0. The van der Waals surface area contributed by atoms with E-state index in [0.717, 1.165) is 12.8 Å². The first-order chi connectivity index (χ1) is 7.45. The minimum absolute atomic E-state index is 0. The maximum Gasteiger partial charge on any atom is 0.306 e. The van der Waals surface area contributed by atoms with E-state index in [0.29, 0.717) is 31.4 Å².